The summed E-state index contributed by atoms with van der Waals surface area (Å²) >= 11 is 0. The first kappa shape index (κ1) is 21.6. The molecule has 0 saturated carbocycles. The second-order valence-corrected chi connectivity index (χ2v) is 7.52. The zero-order chi connectivity index (χ0) is 20.7. The van der Waals surface area contributed by atoms with Gasteiger partial charge in [-0.25, -0.2) is 0 Å². The third kappa shape index (κ3) is 5.92. The van der Waals surface area contributed by atoms with E-state index >= 15 is 0 Å². The fourth-order valence-corrected chi connectivity index (χ4v) is 3.06. The van der Waals surface area contributed by atoms with Crippen LogP contribution < -0.4 is 10.6 Å². The number of amides is 2. The van der Waals surface area contributed by atoms with Crippen molar-refractivity contribution in [3.63, 3.8) is 0 Å². The van der Waals surface area contributed by atoms with E-state index in [0.717, 1.165) is 6.42 Å². The number of carbonyl (C=O) groups excluding carboxylic acids is 2. The van der Waals surface area contributed by atoms with Crippen molar-refractivity contribution in [2.24, 2.45) is 5.92 Å². The van der Waals surface area contributed by atoms with Gasteiger partial charge in [0.25, 0.3) is 5.91 Å². The van der Waals surface area contributed by atoms with E-state index in [4.69, 9.17) is 0 Å². The maximum absolute atomic E-state index is 12.3. The van der Waals surface area contributed by atoms with Gasteiger partial charge in [0.1, 0.15) is 0 Å². The molecule has 0 aliphatic rings. The minimum Gasteiger partial charge on any atom is -0.345 e. The Labute approximate surface area is 168 Å². The van der Waals surface area contributed by atoms with Gasteiger partial charge < -0.3 is 15.5 Å². The van der Waals surface area contributed by atoms with Gasteiger partial charge in [-0.15, -0.1) is 0 Å². The Morgan fingerprint density at radius 3 is 2.07 bits per heavy atom. The fourth-order valence-electron chi connectivity index (χ4n) is 3.06. The average Bonchev–Trinajstić information content (AvgIpc) is 2.68. The lowest BCUT2D eigenvalue weighted by molar-refractivity contribution is -0.115. The summed E-state index contributed by atoms with van der Waals surface area (Å²) in [6, 6.07) is 15.6. The van der Waals surface area contributed by atoms with Crippen molar-refractivity contribution >= 4 is 17.5 Å². The van der Waals surface area contributed by atoms with E-state index in [1.54, 1.807) is 38.4 Å². The largest absolute Gasteiger partial charge is 0.345 e. The highest BCUT2D eigenvalue weighted by molar-refractivity contribution is 5.96. The van der Waals surface area contributed by atoms with Gasteiger partial charge in [-0.05, 0) is 47.7 Å². The van der Waals surface area contributed by atoms with Gasteiger partial charge in [0.2, 0.25) is 5.91 Å². The summed E-state index contributed by atoms with van der Waals surface area (Å²) in [6.45, 7) is 6.64. The topological polar surface area (TPSA) is 61.4 Å². The Kier molecular flexibility index (Phi) is 7.76. The summed E-state index contributed by atoms with van der Waals surface area (Å²) in [5.74, 6) is 0.188. The molecule has 0 aliphatic carbocycles. The standard InChI is InChI=1S/C23H31N3O2/c1-6-17-7-9-18(10-8-17)22(16(2)3)24-15-21(27)25-20-13-11-19(12-14-20)23(28)26(4)5/h7-14,16,22,24H,6,15H2,1-5H3,(H,25,27)/t22-/m1/s1. The van der Waals surface area contributed by atoms with Crippen molar-refractivity contribution in [1.82, 2.24) is 10.2 Å². The maximum Gasteiger partial charge on any atom is 0.253 e. The van der Waals surface area contributed by atoms with Crippen molar-refractivity contribution in [2.75, 3.05) is 26.0 Å². The summed E-state index contributed by atoms with van der Waals surface area (Å²) in [5, 5.41) is 6.24. The van der Waals surface area contributed by atoms with Crippen LogP contribution >= 0.6 is 0 Å². The molecular formula is C23H31N3O2. The molecule has 5 heteroatoms. The molecule has 0 radical (unpaired) electrons. The number of hydrogen-bond acceptors (Lipinski definition) is 3. The number of nitrogens with one attached hydrogen (secondary N) is 2. The number of anilines is 1. The number of carbonyl (C=O) groups is 2. The van der Waals surface area contributed by atoms with Gasteiger partial charge in [0.05, 0.1) is 6.54 Å². The number of aryl methyl sites for hydroxylation is 1. The molecule has 2 rings (SSSR count). The van der Waals surface area contributed by atoms with E-state index < -0.39 is 0 Å². The number of hydrogen-bond donors (Lipinski definition) is 2. The average molecular weight is 382 g/mol. The molecule has 2 aromatic carbocycles. The van der Waals surface area contributed by atoms with E-state index in [-0.39, 0.29) is 24.4 Å². The molecule has 28 heavy (non-hydrogen) atoms. The van der Waals surface area contributed by atoms with E-state index in [1.807, 2.05) is 0 Å². The molecule has 0 bridgehead atoms. The normalized spacial score (nSPS) is 11.9. The predicted octanol–water partition coefficient (Wildman–Crippen LogP) is 3.88. The summed E-state index contributed by atoms with van der Waals surface area (Å²) in [5.41, 5.74) is 3.76. The lowest BCUT2D eigenvalue weighted by atomic mass is 9.95. The molecule has 2 amide bonds. The first-order chi connectivity index (χ1) is 13.3. The Hall–Kier alpha value is -2.66. The van der Waals surface area contributed by atoms with Gasteiger partial charge >= 0.3 is 0 Å². The van der Waals surface area contributed by atoms with Crippen molar-refractivity contribution in [2.45, 2.75) is 33.2 Å². The van der Waals surface area contributed by atoms with E-state index in [2.05, 4.69) is 55.7 Å². The SMILES string of the molecule is CCc1ccc([C@H](NCC(=O)Nc2ccc(C(=O)N(C)C)cc2)C(C)C)cc1. The molecule has 2 N–H and O–H groups in total. The Balaban J connectivity index is 1.94. The molecule has 1 atom stereocenters. The van der Waals surface area contributed by atoms with Gasteiger partial charge in [-0.2, -0.15) is 0 Å². The third-order valence-corrected chi connectivity index (χ3v) is 4.72. The minimum absolute atomic E-state index is 0.0617. The van der Waals surface area contributed by atoms with Crippen LogP contribution in [0.1, 0.15) is 48.3 Å². The predicted molar refractivity (Wildman–Crippen MR) is 114 cm³/mol. The molecule has 0 saturated heterocycles. The van der Waals surface area contributed by atoms with Crippen LogP contribution in [0.5, 0.6) is 0 Å². The first-order valence-corrected chi connectivity index (χ1v) is 9.75. The monoisotopic (exact) mass is 381 g/mol. The lowest BCUT2D eigenvalue weighted by Crippen LogP contribution is -2.33. The van der Waals surface area contributed by atoms with E-state index in [9.17, 15) is 9.59 Å². The Morgan fingerprint density at radius 1 is 0.964 bits per heavy atom. The summed E-state index contributed by atoms with van der Waals surface area (Å²) in [7, 11) is 3.43. The molecule has 150 valence electrons. The molecule has 0 spiro atoms. The van der Waals surface area contributed by atoms with Gasteiger partial charge in [-0.3, -0.25) is 9.59 Å². The molecule has 0 unspecified atom stereocenters. The first-order valence-electron chi connectivity index (χ1n) is 9.75. The van der Waals surface area contributed by atoms with Crippen LogP contribution in [0.2, 0.25) is 0 Å². The highest BCUT2D eigenvalue weighted by Gasteiger charge is 2.17. The van der Waals surface area contributed by atoms with Crippen LogP contribution in [0, 0.1) is 5.92 Å². The molecule has 0 aliphatic heterocycles. The molecule has 0 fully saturated rings. The molecule has 0 heterocycles. The van der Waals surface area contributed by atoms with Crippen LogP contribution in [0.15, 0.2) is 48.5 Å². The second kappa shape index (κ2) is 10.0. The molecular weight excluding hydrogens is 350 g/mol. The number of rotatable bonds is 8. The summed E-state index contributed by atoms with van der Waals surface area (Å²) in [6.07, 6.45) is 1.02. The highest BCUT2D eigenvalue weighted by Crippen LogP contribution is 2.22. The number of nitrogens with zero attached hydrogens (tertiary/aromatic N) is 1. The third-order valence-electron chi connectivity index (χ3n) is 4.72. The molecule has 0 aromatic heterocycles. The maximum atomic E-state index is 12.3. The van der Waals surface area contributed by atoms with Crippen molar-refractivity contribution in [3.05, 3.63) is 65.2 Å². The van der Waals surface area contributed by atoms with E-state index in [1.165, 1.54) is 16.0 Å². The number of benzene rings is 2. The van der Waals surface area contributed by atoms with Crippen LogP contribution in [-0.4, -0.2) is 37.4 Å². The Morgan fingerprint density at radius 2 is 1.57 bits per heavy atom. The van der Waals surface area contributed by atoms with Gasteiger partial charge in [0, 0.05) is 31.4 Å². The van der Waals surface area contributed by atoms with Crippen molar-refractivity contribution < 1.29 is 9.59 Å². The van der Waals surface area contributed by atoms with Crippen LogP contribution in [-0.2, 0) is 11.2 Å². The van der Waals surface area contributed by atoms with Crippen LogP contribution in [0.4, 0.5) is 5.69 Å². The highest BCUT2D eigenvalue weighted by atomic mass is 16.2. The molecule has 2 aromatic rings. The van der Waals surface area contributed by atoms with Gasteiger partial charge in [0.15, 0.2) is 0 Å². The smallest absolute Gasteiger partial charge is 0.253 e. The van der Waals surface area contributed by atoms with Crippen LogP contribution in [0.3, 0.4) is 0 Å². The van der Waals surface area contributed by atoms with E-state index in [0.29, 0.717) is 17.2 Å². The van der Waals surface area contributed by atoms with Crippen LogP contribution in [0.25, 0.3) is 0 Å². The quantitative estimate of drug-likeness (QED) is 0.730. The fraction of sp³-hybridized carbons (Fsp3) is 0.391. The second-order valence-electron chi connectivity index (χ2n) is 7.52. The lowest BCUT2D eigenvalue weighted by Gasteiger charge is -2.23. The Bertz CT molecular complexity index is 780. The van der Waals surface area contributed by atoms with Gasteiger partial charge in [-0.1, -0.05) is 45.0 Å². The zero-order valence-corrected chi connectivity index (χ0v) is 17.5. The summed E-state index contributed by atoms with van der Waals surface area (Å²) < 4.78 is 0. The molecule has 5 nitrogen and oxygen atoms in total. The van der Waals surface area contributed by atoms with Crippen molar-refractivity contribution in [3.8, 4) is 0 Å². The zero-order valence-electron chi connectivity index (χ0n) is 17.5. The minimum atomic E-state index is -0.109. The van der Waals surface area contributed by atoms with Crippen molar-refractivity contribution in [1.29, 1.82) is 0 Å². The summed E-state index contributed by atoms with van der Waals surface area (Å²) in [4.78, 5) is 25.8.